The van der Waals surface area contributed by atoms with E-state index in [4.69, 9.17) is 9.47 Å². The number of aliphatic hydroxyl groups is 1. The third-order valence-corrected chi connectivity index (χ3v) is 8.22. The van der Waals surface area contributed by atoms with Gasteiger partial charge in [-0.05, 0) is 68.6 Å². The molecule has 3 heteroatoms. The van der Waals surface area contributed by atoms with Crippen LogP contribution in [-0.4, -0.2) is 30.2 Å². The first-order valence-corrected chi connectivity index (χ1v) is 9.78. The summed E-state index contributed by atoms with van der Waals surface area (Å²) in [6, 6.07) is 0. The largest absolute Gasteiger partial charge is 0.393 e. The van der Waals surface area contributed by atoms with Crippen LogP contribution >= 0.6 is 0 Å². The van der Waals surface area contributed by atoms with E-state index in [0.717, 1.165) is 56.1 Å². The summed E-state index contributed by atoms with van der Waals surface area (Å²) in [5.74, 6) is 2.89. The van der Waals surface area contributed by atoms with Crippen LogP contribution in [0.5, 0.6) is 0 Å². The molecule has 4 fully saturated rings. The molecule has 0 unspecified atom stereocenters. The summed E-state index contributed by atoms with van der Waals surface area (Å²) in [7, 11) is 0. The van der Waals surface area contributed by atoms with Gasteiger partial charge in [-0.25, -0.2) is 0 Å². The van der Waals surface area contributed by atoms with Gasteiger partial charge in [-0.3, -0.25) is 0 Å². The lowest BCUT2D eigenvalue weighted by atomic mass is 9.52. The molecule has 5 rings (SSSR count). The number of ether oxygens (including phenoxy) is 2. The molecule has 4 aliphatic carbocycles. The van der Waals surface area contributed by atoms with E-state index in [9.17, 15) is 5.11 Å². The summed E-state index contributed by atoms with van der Waals surface area (Å²) in [6.45, 7) is 4.01. The highest BCUT2D eigenvalue weighted by Crippen LogP contribution is 2.66. The minimum atomic E-state index is -0.268. The van der Waals surface area contributed by atoms with Gasteiger partial charge in [0.05, 0.1) is 19.3 Å². The smallest absolute Gasteiger partial charge is 0.174 e. The van der Waals surface area contributed by atoms with Gasteiger partial charge < -0.3 is 14.6 Å². The van der Waals surface area contributed by atoms with Crippen molar-refractivity contribution in [3.63, 3.8) is 0 Å². The number of allylic oxidation sites excluding steroid dienone is 1. The highest BCUT2D eigenvalue weighted by molar-refractivity contribution is 5.21. The van der Waals surface area contributed by atoms with E-state index < -0.39 is 0 Å². The zero-order chi connectivity index (χ0) is 15.7. The summed E-state index contributed by atoms with van der Waals surface area (Å²) >= 11 is 0. The van der Waals surface area contributed by atoms with Crippen LogP contribution in [0.1, 0.15) is 58.3 Å². The van der Waals surface area contributed by atoms with Crippen LogP contribution in [0.2, 0.25) is 0 Å². The summed E-state index contributed by atoms with van der Waals surface area (Å²) in [4.78, 5) is 0. The molecule has 128 valence electrons. The molecule has 1 saturated heterocycles. The van der Waals surface area contributed by atoms with Gasteiger partial charge in [0.25, 0.3) is 0 Å². The van der Waals surface area contributed by atoms with Crippen LogP contribution in [0.25, 0.3) is 0 Å². The number of rotatable bonds is 0. The number of aliphatic hydroxyl groups excluding tert-OH is 1. The molecule has 3 saturated carbocycles. The van der Waals surface area contributed by atoms with Crippen LogP contribution in [0.15, 0.2) is 11.6 Å². The lowest BCUT2D eigenvalue weighted by Crippen LogP contribution is -2.53. The van der Waals surface area contributed by atoms with Gasteiger partial charge in [-0.1, -0.05) is 18.6 Å². The first-order valence-electron chi connectivity index (χ1n) is 9.78. The summed E-state index contributed by atoms with van der Waals surface area (Å²) in [5, 5.41) is 10.0. The van der Waals surface area contributed by atoms with Gasteiger partial charge in [-0.15, -0.1) is 0 Å². The molecule has 0 bridgehead atoms. The van der Waals surface area contributed by atoms with E-state index in [1.165, 1.54) is 32.1 Å². The third-order valence-electron chi connectivity index (χ3n) is 8.22. The number of fused-ring (bicyclic) bond motifs is 6. The molecule has 0 aromatic heterocycles. The molecule has 0 amide bonds. The number of hydrogen-bond acceptors (Lipinski definition) is 3. The van der Waals surface area contributed by atoms with Gasteiger partial charge in [0.2, 0.25) is 0 Å². The summed E-state index contributed by atoms with van der Waals surface area (Å²) < 4.78 is 12.4. The van der Waals surface area contributed by atoms with Crippen molar-refractivity contribution in [2.75, 3.05) is 13.2 Å². The molecular weight excluding hydrogens is 288 g/mol. The second-order valence-corrected chi connectivity index (χ2v) is 8.94. The normalized spacial score (nSPS) is 51.0. The predicted molar refractivity (Wildman–Crippen MR) is 87.7 cm³/mol. The number of hydrogen-bond donors (Lipinski definition) is 1. The summed E-state index contributed by atoms with van der Waals surface area (Å²) in [5.41, 5.74) is 1.79. The SMILES string of the molecule is C[C@]12CC[C@H]3[C@@H](CC=C4C[C@@H](O)CC[C@@H]43)[C@@H]1CCC21OCCO1. The van der Waals surface area contributed by atoms with Crippen molar-refractivity contribution in [3.8, 4) is 0 Å². The Morgan fingerprint density at radius 1 is 1.04 bits per heavy atom. The molecule has 1 heterocycles. The maximum Gasteiger partial charge on any atom is 0.174 e. The fourth-order valence-corrected chi connectivity index (χ4v) is 7.14. The first kappa shape index (κ1) is 14.9. The van der Waals surface area contributed by atoms with Crippen LogP contribution in [0.4, 0.5) is 0 Å². The molecule has 3 nitrogen and oxygen atoms in total. The highest BCUT2D eigenvalue weighted by Gasteiger charge is 2.65. The Balaban J connectivity index is 1.45. The molecule has 1 aliphatic heterocycles. The van der Waals surface area contributed by atoms with Gasteiger partial charge in [0, 0.05) is 11.8 Å². The molecule has 1 N–H and O–H groups in total. The fourth-order valence-electron chi connectivity index (χ4n) is 7.14. The van der Waals surface area contributed by atoms with Crippen molar-refractivity contribution < 1.29 is 14.6 Å². The Morgan fingerprint density at radius 2 is 1.87 bits per heavy atom. The monoisotopic (exact) mass is 318 g/mol. The maximum absolute atomic E-state index is 10.0. The Morgan fingerprint density at radius 3 is 2.70 bits per heavy atom. The van der Waals surface area contributed by atoms with E-state index in [1.807, 2.05) is 0 Å². The average molecular weight is 318 g/mol. The van der Waals surface area contributed by atoms with Gasteiger partial charge in [0.15, 0.2) is 5.79 Å². The fraction of sp³-hybridized carbons (Fsp3) is 0.900. The zero-order valence-electron chi connectivity index (χ0n) is 14.3. The second-order valence-electron chi connectivity index (χ2n) is 8.94. The Hall–Kier alpha value is -0.380. The Labute approximate surface area is 139 Å². The molecule has 6 atom stereocenters. The zero-order valence-corrected chi connectivity index (χ0v) is 14.3. The first-order chi connectivity index (χ1) is 11.1. The Bertz CT molecular complexity index is 521. The van der Waals surface area contributed by atoms with Gasteiger partial charge in [-0.2, -0.15) is 0 Å². The molecule has 23 heavy (non-hydrogen) atoms. The lowest BCUT2D eigenvalue weighted by molar-refractivity contribution is -0.240. The molecular formula is C20H30O3. The van der Waals surface area contributed by atoms with Crippen molar-refractivity contribution in [3.05, 3.63) is 11.6 Å². The molecule has 1 spiro atoms. The second kappa shape index (κ2) is 5.06. The van der Waals surface area contributed by atoms with E-state index in [2.05, 4.69) is 13.0 Å². The van der Waals surface area contributed by atoms with Crippen molar-refractivity contribution in [1.82, 2.24) is 0 Å². The quantitative estimate of drug-likeness (QED) is 0.693. The van der Waals surface area contributed by atoms with Crippen LogP contribution < -0.4 is 0 Å². The third kappa shape index (κ3) is 1.93. The van der Waals surface area contributed by atoms with Crippen molar-refractivity contribution in [1.29, 1.82) is 0 Å². The minimum Gasteiger partial charge on any atom is -0.393 e. The van der Waals surface area contributed by atoms with E-state index in [1.54, 1.807) is 5.57 Å². The maximum atomic E-state index is 10.0. The lowest BCUT2D eigenvalue weighted by Gasteiger charge is -2.55. The van der Waals surface area contributed by atoms with Crippen LogP contribution in [0.3, 0.4) is 0 Å². The molecule has 0 aromatic rings. The molecule has 5 aliphatic rings. The topological polar surface area (TPSA) is 38.7 Å². The minimum absolute atomic E-state index is 0.0852. The van der Waals surface area contributed by atoms with Gasteiger partial charge in [0.1, 0.15) is 0 Å². The average Bonchev–Trinajstić information content (AvgIpc) is 3.14. The Kier molecular flexibility index (Phi) is 3.28. The van der Waals surface area contributed by atoms with Crippen LogP contribution in [0, 0.1) is 29.1 Å². The molecule has 0 radical (unpaired) electrons. The predicted octanol–water partition coefficient (Wildman–Crippen LogP) is 3.66. The van der Waals surface area contributed by atoms with E-state index in [-0.39, 0.29) is 17.3 Å². The highest BCUT2D eigenvalue weighted by atomic mass is 16.7. The molecule has 0 aromatic carbocycles. The van der Waals surface area contributed by atoms with Crippen molar-refractivity contribution in [2.24, 2.45) is 29.1 Å². The van der Waals surface area contributed by atoms with E-state index >= 15 is 0 Å². The van der Waals surface area contributed by atoms with E-state index in [0.29, 0.717) is 0 Å². The van der Waals surface area contributed by atoms with Crippen LogP contribution in [-0.2, 0) is 9.47 Å². The summed E-state index contributed by atoms with van der Waals surface area (Å²) in [6.07, 6.45) is 11.7. The van der Waals surface area contributed by atoms with Crippen molar-refractivity contribution >= 4 is 0 Å². The van der Waals surface area contributed by atoms with Gasteiger partial charge >= 0.3 is 0 Å². The van der Waals surface area contributed by atoms with Crippen molar-refractivity contribution in [2.45, 2.75) is 70.2 Å². The standard InChI is InChI=1S/C20H30O3/c1-19-8-6-16-15-5-3-14(21)12-13(15)2-4-17(16)18(19)7-9-20(19)22-10-11-23-20/h2,14-18,21H,3-12H2,1H3/t14-,15-,16+,17+,18-,19-/m0/s1.